The summed E-state index contributed by atoms with van der Waals surface area (Å²) in [5.41, 5.74) is 2.70. The molecule has 0 aliphatic carbocycles. The van der Waals surface area contributed by atoms with Gasteiger partial charge in [0, 0.05) is 30.3 Å². The SMILES string of the molecule is CCNC(=O)N1CCOc2ccc(CCC(=O)Nc3cccc(OC)c3)cc2C1. The lowest BCUT2D eigenvalue weighted by Crippen LogP contribution is -2.40. The van der Waals surface area contributed by atoms with Gasteiger partial charge in [-0.05, 0) is 37.1 Å². The number of nitrogens with zero attached hydrogens (tertiary/aromatic N) is 1. The zero-order valence-corrected chi connectivity index (χ0v) is 16.9. The number of nitrogens with one attached hydrogen (secondary N) is 2. The molecule has 2 aromatic rings. The van der Waals surface area contributed by atoms with Gasteiger partial charge in [0.15, 0.2) is 0 Å². The highest BCUT2D eigenvalue weighted by Crippen LogP contribution is 2.25. The van der Waals surface area contributed by atoms with Gasteiger partial charge in [-0.25, -0.2) is 4.79 Å². The first-order valence-corrected chi connectivity index (χ1v) is 9.80. The van der Waals surface area contributed by atoms with Crippen LogP contribution < -0.4 is 20.1 Å². The van der Waals surface area contributed by atoms with E-state index in [1.54, 1.807) is 18.1 Å². The highest BCUT2D eigenvalue weighted by Gasteiger charge is 2.19. The number of benzene rings is 2. The van der Waals surface area contributed by atoms with Crippen molar-refractivity contribution in [2.45, 2.75) is 26.3 Å². The summed E-state index contributed by atoms with van der Waals surface area (Å²) in [5, 5.41) is 5.72. The Kier molecular flexibility index (Phi) is 6.94. The first-order valence-electron chi connectivity index (χ1n) is 9.80. The number of hydrogen-bond donors (Lipinski definition) is 2. The Bertz CT molecular complexity index is 869. The van der Waals surface area contributed by atoms with Crippen LogP contribution in [0, 0.1) is 0 Å². The molecule has 0 radical (unpaired) electrons. The van der Waals surface area contributed by atoms with Crippen LogP contribution in [0.4, 0.5) is 10.5 Å². The number of rotatable bonds is 6. The van der Waals surface area contributed by atoms with Crippen molar-refractivity contribution < 1.29 is 19.1 Å². The van der Waals surface area contributed by atoms with E-state index in [1.165, 1.54) is 0 Å². The lowest BCUT2D eigenvalue weighted by Gasteiger charge is -2.20. The summed E-state index contributed by atoms with van der Waals surface area (Å²) in [6.45, 7) is 3.98. The van der Waals surface area contributed by atoms with Crippen LogP contribution in [0.25, 0.3) is 0 Å². The second-order valence-corrected chi connectivity index (χ2v) is 6.83. The number of ether oxygens (including phenoxy) is 2. The van der Waals surface area contributed by atoms with E-state index in [4.69, 9.17) is 9.47 Å². The van der Waals surface area contributed by atoms with Crippen molar-refractivity contribution in [2.24, 2.45) is 0 Å². The molecule has 7 nitrogen and oxygen atoms in total. The Balaban J connectivity index is 1.60. The van der Waals surface area contributed by atoms with Crippen LogP contribution in [0.1, 0.15) is 24.5 Å². The normalized spacial score (nSPS) is 13.0. The van der Waals surface area contributed by atoms with Gasteiger partial charge in [0.05, 0.1) is 20.2 Å². The van der Waals surface area contributed by atoms with Gasteiger partial charge in [-0.2, -0.15) is 0 Å². The fourth-order valence-corrected chi connectivity index (χ4v) is 3.22. The number of hydrogen-bond acceptors (Lipinski definition) is 4. The highest BCUT2D eigenvalue weighted by atomic mass is 16.5. The van der Waals surface area contributed by atoms with Gasteiger partial charge >= 0.3 is 6.03 Å². The number of anilines is 1. The zero-order valence-electron chi connectivity index (χ0n) is 16.9. The van der Waals surface area contributed by atoms with Crippen molar-refractivity contribution in [2.75, 3.05) is 32.1 Å². The Hall–Kier alpha value is -3.22. The lowest BCUT2D eigenvalue weighted by atomic mass is 10.0. The smallest absolute Gasteiger partial charge is 0.317 e. The van der Waals surface area contributed by atoms with Crippen molar-refractivity contribution in [3.63, 3.8) is 0 Å². The summed E-state index contributed by atoms with van der Waals surface area (Å²) in [6, 6.07) is 13.1. The third-order valence-electron chi connectivity index (χ3n) is 4.71. The monoisotopic (exact) mass is 397 g/mol. The van der Waals surface area contributed by atoms with Crippen molar-refractivity contribution in [1.29, 1.82) is 0 Å². The minimum Gasteiger partial charge on any atom is -0.497 e. The van der Waals surface area contributed by atoms with E-state index in [0.717, 1.165) is 16.9 Å². The summed E-state index contributed by atoms with van der Waals surface area (Å²) >= 11 is 0. The number of carbonyl (C=O) groups is 2. The molecule has 0 bridgehead atoms. The van der Waals surface area contributed by atoms with Gasteiger partial charge in [-0.1, -0.05) is 18.2 Å². The van der Waals surface area contributed by atoms with E-state index < -0.39 is 0 Å². The molecule has 0 unspecified atom stereocenters. The molecule has 7 heteroatoms. The Morgan fingerprint density at radius 1 is 1.21 bits per heavy atom. The van der Waals surface area contributed by atoms with E-state index in [9.17, 15) is 9.59 Å². The number of amides is 3. The summed E-state index contributed by atoms with van der Waals surface area (Å²) < 4.78 is 10.9. The van der Waals surface area contributed by atoms with E-state index in [0.29, 0.717) is 50.5 Å². The highest BCUT2D eigenvalue weighted by molar-refractivity contribution is 5.91. The molecular formula is C22H27N3O4. The molecule has 154 valence electrons. The standard InChI is InChI=1S/C22H27N3O4/c1-3-23-22(27)25-11-12-29-20-9-7-16(13-17(20)15-25)8-10-21(26)24-18-5-4-6-19(14-18)28-2/h4-7,9,13-14H,3,8,10-12,15H2,1-2H3,(H,23,27)(H,24,26). The first kappa shape index (κ1) is 20.5. The molecule has 1 aliphatic heterocycles. The van der Waals surface area contributed by atoms with Crippen LogP contribution >= 0.6 is 0 Å². The molecule has 0 aromatic heterocycles. The second-order valence-electron chi connectivity index (χ2n) is 6.83. The topological polar surface area (TPSA) is 79.9 Å². The zero-order chi connectivity index (χ0) is 20.6. The summed E-state index contributed by atoms with van der Waals surface area (Å²) in [7, 11) is 1.59. The van der Waals surface area contributed by atoms with Crippen molar-refractivity contribution >= 4 is 17.6 Å². The van der Waals surface area contributed by atoms with E-state index in [-0.39, 0.29) is 11.9 Å². The largest absolute Gasteiger partial charge is 0.497 e. The van der Waals surface area contributed by atoms with Gasteiger partial charge in [0.1, 0.15) is 18.1 Å². The molecule has 0 saturated carbocycles. The van der Waals surface area contributed by atoms with Crippen LogP contribution in [0.5, 0.6) is 11.5 Å². The predicted molar refractivity (Wildman–Crippen MR) is 111 cm³/mol. The Morgan fingerprint density at radius 3 is 2.86 bits per heavy atom. The maximum atomic E-state index is 12.3. The average Bonchev–Trinajstić information content (AvgIpc) is 2.94. The van der Waals surface area contributed by atoms with Gasteiger partial charge in [-0.3, -0.25) is 4.79 Å². The number of urea groups is 1. The molecule has 2 N–H and O–H groups in total. The molecule has 2 aromatic carbocycles. The first-order chi connectivity index (χ1) is 14.1. The van der Waals surface area contributed by atoms with Gasteiger partial charge in [0.2, 0.25) is 5.91 Å². The number of aryl methyl sites for hydroxylation is 1. The summed E-state index contributed by atoms with van der Waals surface area (Å²) in [5.74, 6) is 1.43. The molecule has 0 saturated heterocycles. The third-order valence-corrected chi connectivity index (χ3v) is 4.71. The number of carbonyl (C=O) groups excluding carboxylic acids is 2. The Morgan fingerprint density at radius 2 is 2.07 bits per heavy atom. The van der Waals surface area contributed by atoms with Crippen LogP contribution in [0.15, 0.2) is 42.5 Å². The molecule has 0 atom stereocenters. The second kappa shape index (κ2) is 9.82. The molecule has 0 fully saturated rings. The number of methoxy groups -OCH3 is 1. The van der Waals surface area contributed by atoms with E-state index >= 15 is 0 Å². The van der Waals surface area contributed by atoms with Crippen LogP contribution in [-0.2, 0) is 17.8 Å². The maximum Gasteiger partial charge on any atom is 0.317 e. The van der Waals surface area contributed by atoms with Crippen molar-refractivity contribution in [1.82, 2.24) is 10.2 Å². The minimum atomic E-state index is -0.0907. The van der Waals surface area contributed by atoms with Gasteiger partial charge in [0.25, 0.3) is 0 Å². The van der Waals surface area contributed by atoms with E-state index in [2.05, 4.69) is 10.6 Å². The number of fused-ring (bicyclic) bond motifs is 1. The van der Waals surface area contributed by atoms with Crippen molar-refractivity contribution in [3.8, 4) is 11.5 Å². The average molecular weight is 397 g/mol. The molecule has 0 spiro atoms. The molecule has 3 rings (SSSR count). The Labute approximate surface area is 171 Å². The van der Waals surface area contributed by atoms with Crippen LogP contribution in [0.2, 0.25) is 0 Å². The van der Waals surface area contributed by atoms with E-state index in [1.807, 2.05) is 43.3 Å². The maximum absolute atomic E-state index is 12.3. The quantitative estimate of drug-likeness (QED) is 0.785. The molecule has 3 amide bonds. The van der Waals surface area contributed by atoms with Gasteiger partial charge in [-0.15, -0.1) is 0 Å². The fourth-order valence-electron chi connectivity index (χ4n) is 3.22. The summed E-state index contributed by atoms with van der Waals surface area (Å²) in [4.78, 5) is 26.2. The lowest BCUT2D eigenvalue weighted by molar-refractivity contribution is -0.116. The fraction of sp³-hybridized carbons (Fsp3) is 0.364. The van der Waals surface area contributed by atoms with Crippen molar-refractivity contribution in [3.05, 3.63) is 53.6 Å². The van der Waals surface area contributed by atoms with Crippen LogP contribution in [-0.4, -0.2) is 43.6 Å². The molecule has 1 heterocycles. The minimum absolute atomic E-state index is 0.0617. The van der Waals surface area contributed by atoms with Crippen LogP contribution in [0.3, 0.4) is 0 Å². The molecular weight excluding hydrogens is 370 g/mol. The molecule has 1 aliphatic rings. The molecule has 29 heavy (non-hydrogen) atoms. The predicted octanol–water partition coefficient (Wildman–Crippen LogP) is 3.19. The van der Waals surface area contributed by atoms with Gasteiger partial charge < -0.3 is 25.0 Å². The third kappa shape index (κ3) is 5.63. The summed E-state index contributed by atoms with van der Waals surface area (Å²) in [6.07, 6.45) is 0.959.